The molecule has 4 rings (SSSR count). The molecule has 10 N–H and O–H groups in total. The molecule has 4 aromatic rings. The van der Waals surface area contributed by atoms with Crippen LogP contribution in [0.15, 0.2) is 60.9 Å². The number of nitrogens with one attached hydrogen (secondary N) is 5. The Bertz CT molecular complexity index is 1700. The van der Waals surface area contributed by atoms with Gasteiger partial charge in [-0.3, -0.25) is 19.2 Å². The highest BCUT2D eigenvalue weighted by atomic mass is 16.4. The number of amides is 3. The van der Waals surface area contributed by atoms with Crippen LogP contribution in [0.4, 0.5) is 0 Å². The number of benzene rings is 2. The fourth-order valence-corrected chi connectivity index (χ4v) is 5.02. The number of hydrogen-bond acceptors (Lipinski definition) is 7. The lowest BCUT2D eigenvalue weighted by molar-refractivity contribution is -0.143. The van der Waals surface area contributed by atoms with Gasteiger partial charge in [0.05, 0.1) is 6.10 Å². The van der Waals surface area contributed by atoms with Crippen LogP contribution in [0.25, 0.3) is 21.8 Å². The molecular weight excluding hydrogens is 584 g/mol. The number of carbonyl (C=O) groups excluding carboxylic acids is 3. The fraction of sp³-hybridized carbons (Fsp3) is 0.323. The second-order valence-corrected chi connectivity index (χ2v) is 10.8. The molecule has 0 fully saturated rings. The molecule has 0 spiro atoms. The van der Waals surface area contributed by atoms with E-state index in [0.717, 1.165) is 21.8 Å². The Morgan fingerprint density at radius 3 is 1.71 bits per heavy atom. The third-order valence-corrected chi connectivity index (χ3v) is 7.55. The molecule has 2 aromatic carbocycles. The standard InChI is InChI=1S/C31H36N6O8/c1-16(38)27(32)30(43)36-24(12-17-14-33-21-8-4-2-6-19(17)21)29(42)35-23(10-11-26(39)40)28(41)37-25(31(44)45)13-18-15-34-22-9-5-3-7-20(18)22/h2-9,14-16,23-25,27,33-34,38H,10-13,32H2,1H3,(H,35,42)(H,36,43)(H,37,41)(H,39,40)(H,44,45). The molecule has 14 heteroatoms. The molecule has 0 saturated heterocycles. The van der Waals surface area contributed by atoms with E-state index < -0.39 is 66.4 Å². The van der Waals surface area contributed by atoms with E-state index in [2.05, 4.69) is 25.9 Å². The first-order valence-electron chi connectivity index (χ1n) is 14.3. The highest BCUT2D eigenvalue weighted by Gasteiger charge is 2.32. The minimum atomic E-state index is -1.45. The summed E-state index contributed by atoms with van der Waals surface area (Å²) in [6.07, 6.45) is 1.11. The van der Waals surface area contributed by atoms with Crippen molar-refractivity contribution in [1.29, 1.82) is 0 Å². The summed E-state index contributed by atoms with van der Waals surface area (Å²) in [6.45, 7) is 1.32. The van der Waals surface area contributed by atoms with Gasteiger partial charge in [0.2, 0.25) is 17.7 Å². The summed E-state index contributed by atoms with van der Waals surface area (Å²) in [6, 6.07) is 9.04. The van der Waals surface area contributed by atoms with Crippen LogP contribution in [0.2, 0.25) is 0 Å². The average molecular weight is 621 g/mol. The summed E-state index contributed by atoms with van der Waals surface area (Å²) in [7, 11) is 0. The molecule has 0 aliphatic carbocycles. The minimum Gasteiger partial charge on any atom is -0.481 e. The van der Waals surface area contributed by atoms with Gasteiger partial charge in [0.15, 0.2) is 0 Å². The van der Waals surface area contributed by atoms with Gasteiger partial charge in [-0.15, -0.1) is 0 Å². The lowest BCUT2D eigenvalue weighted by Gasteiger charge is -2.25. The first-order chi connectivity index (χ1) is 21.4. The number of fused-ring (bicyclic) bond motifs is 2. The summed E-state index contributed by atoms with van der Waals surface area (Å²) >= 11 is 0. The Balaban J connectivity index is 1.56. The first-order valence-corrected chi connectivity index (χ1v) is 14.3. The molecule has 45 heavy (non-hydrogen) atoms. The van der Waals surface area contributed by atoms with Crippen molar-refractivity contribution in [3.05, 3.63) is 72.1 Å². The Kier molecular flexibility index (Phi) is 10.5. The van der Waals surface area contributed by atoms with Crippen LogP contribution in [0.5, 0.6) is 0 Å². The topological polar surface area (TPSA) is 240 Å². The van der Waals surface area contributed by atoms with E-state index in [1.54, 1.807) is 24.5 Å². The van der Waals surface area contributed by atoms with Crippen LogP contribution in [0.1, 0.15) is 30.9 Å². The van der Waals surface area contributed by atoms with Gasteiger partial charge in [-0.1, -0.05) is 36.4 Å². The van der Waals surface area contributed by atoms with Gasteiger partial charge in [-0.05, 0) is 36.6 Å². The quantitative estimate of drug-likeness (QED) is 0.0900. The van der Waals surface area contributed by atoms with Crippen LogP contribution in [0.3, 0.4) is 0 Å². The van der Waals surface area contributed by atoms with Crippen molar-refractivity contribution in [3.63, 3.8) is 0 Å². The normalized spacial score (nSPS) is 14.6. The maximum atomic E-state index is 13.6. The number of hydrogen-bond donors (Lipinski definition) is 9. The van der Waals surface area contributed by atoms with Crippen molar-refractivity contribution in [2.75, 3.05) is 0 Å². The molecule has 14 nitrogen and oxygen atoms in total. The summed E-state index contributed by atoms with van der Waals surface area (Å²) < 4.78 is 0. The maximum absolute atomic E-state index is 13.6. The fourth-order valence-electron chi connectivity index (χ4n) is 5.02. The second-order valence-electron chi connectivity index (χ2n) is 10.8. The van der Waals surface area contributed by atoms with Crippen molar-refractivity contribution in [3.8, 4) is 0 Å². The minimum absolute atomic E-state index is 0.0420. The van der Waals surface area contributed by atoms with E-state index in [9.17, 15) is 39.3 Å². The summed E-state index contributed by atoms with van der Waals surface area (Å²) in [5.74, 6) is -5.12. The Morgan fingerprint density at radius 2 is 1.20 bits per heavy atom. The van der Waals surface area contributed by atoms with Gasteiger partial charge in [0, 0.05) is 53.5 Å². The monoisotopic (exact) mass is 620 g/mol. The molecule has 0 saturated carbocycles. The summed E-state index contributed by atoms with van der Waals surface area (Å²) in [5.41, 5.74) is 8.66. The van der Waals surface area contributed by atoms with Gasteiger partial charge < -0.3 is 47.0 Å². The van der Waals surface area contributed by atoms with Crippen LogP contribution >= 0.6 is 0 Å². The van der Waals surface area contributed by atoms with Gasteiger partial charge in [-0.2, -0.15) is 0 Å². The van der Waals surface area contributed by atoms with Gasteiger partial charge in [-0.25, -0.2) is 4.79 Å². The number of H-pyrrole nitrogens is 2. The van der Waals surface area contributed by atoms with Crippen LogP contribution in [0, 0.1) is 0 Å². The maximum Gasteiger partial charge on any atom is 0.326 e. The number of aromatic nitrogens is 2. The van der Waals surface area contributed by atoms with Crippen LogP contribution < -0.4 is 21.7 Å². The van der Waals surface area contributed by atoms with Crippen molar-refractivity contribution < 1.29 is 39.3 Å². The molecule has 2 heterocycles. The molecule has 0 bridgehead atoms. The Morgan fingerprint density at radius 1 is 0.733 bits per heavy atom. The molecule has 5 atom stereocenters. The number of aliphatic carboxylic acids is 2. The SMILES string of the molecule is CC(O)C(N)C(=O)NC(Cc1c[nH]c2ccccc12)C(=O)NC(CCC(=O)O)C(=O)NC(Cc1c[nH]c2ccccc12)C(=O)O. The zero-order valence-corrected chi connectivity index (χ0v) is 24.4. The predicted molar refractivity (Wildman–Crippen MR) is 164 cm³/mol. The van der Waals surface area contributed by atoms with Crippen molar-refractivity contribution >= 4 is 51.5 Å². The number of rotatable bonds is 15. The molecule has 2 aromatic heterocycles. The van der Waals surface area contributed by atoms with E-state index >= 15 is 0 Å². The Labute approximate surface area is 257 Å². The average Bonchev–Trinajstić information content (AvgIpc) is 3.61. The van der Waals surface area contributed by atoms with Crippen LogP contribution in [-0.4, -0.2) is 85.2 Å². The smallest absolute Gasteiger partial charge is 0.326 e. The first kappa shape index (κ1) is 32.7. The molecule has 0 aliphatic heterocycles. The number of nitrogens with two attached hydrogens (primary N) is 1. The van der Waals surface area contributed by atoms with Gasteiger partial charge in [0.25, 0.3) is 0 Å². The largest absolute Gasteiger partial charge is 0.481 e. The number of carboxylic acids is 2. The number of aliphatic hydroxyl groups is 1. The molecule has 3 amide bonds. The zero-order valence-electron chi connectivity index (χ0n) is 24.4. The van der Waals surface area contributed by atoms with E-state index in [1.807, 2.05) is 36.4 Å². The molecule has 0 radical (unpaired) electrons. The Hall–Kier alpha value is -5.21. The number of aliphatic hydroxyl groups excluding tert-OH is 1. The third kappa shape index (κ3) is 8.25. The van der Waals surface area contributed by atoms with E-state index in [0.29, 0.717) is 11.1 Å². The lowest BCUT2D eigenvalue weighted by Crippen LogP contribution is -2.58. The number of carboxylic acid groups (broad SMARTS) is 2. The highest BCUT2D eigenvalue weighted by Crippen LogP contribution is 2.21. The van der Waals surface area contributed by atoms with E-state index in [1.165, 1.54) is 6.92 Å². The molecular formula is C31H36N6O8. The molecule has 5 unspecified atom stereocenters. The molecule has 0 aliphatic rings. The van der Waals surface area contributed by atoms with Gasteiger partial charge in [0.1, 0.15) is 24.2 Å². The lowest BCUT2D eigenvalue weighted by atomic mass is 10.0. The van der Waals surface area contributed by atoms with Gasteiger partial charge >= 0.3 is 11.9 Å². The number of para-hydroxylation sites is 2. The van der Waals surface area contributed by atoms with E-state index in [-0.39, 0.29) is 19.3 Å². The van der Waals surface area contributed by atoms with Crippen molar-refractivity contribution in [2.45, 2.75) is 62.9 Å². The summed E-state index contributed by atoms with van der Waals surface area (Å²) in [4.78, 5) is 69.5. The van der Waals surface area contributed by atoms with Crippen molar-refractivity contribution in [2.24, 2.45) is 5.73 Å². The highest BCUT2D eigenvalue weighted by molar-refractivity contribution is 5.95. The van der Waals surface area contributed by atoms with Crippen molar-refractivity contribution in [1.82, 2.24) is 25.9 Å². The second kappa shape index (κ2) is 14.5. The third-order valence-electron chi connectivity index (χ3n) is 7.55. The molecule has 238 valence electrons. The number of aromatic amines is 2. The number of carbonyl (C=O) groups is 5. The predicted octanol–water partition coefficient (Wildman–Crippen LogP) is 0.546. The zero-order chi connectivity index (χ0) is 32.7. The van der Waals surface area contributed by atoms with Crippen LogP contribution in [-0.2, 0) is 36.8 Å². The van der Waals surface area contributed by atoms with E-state index in [4.69, 9.17) is 5.73 Å². The summed E-state index contributed by atoms with van der Waals surface area (Å²) in [5, 5.41) is 38.0.